The van der Waals surface area contributed by atoms with Crippen molar-refractivity contribution in [3.8, 4) is 5.75 Å². The number of hydrogen-bond donors (Lipinski definition) is 2. The number of anilines is 1. The standard InChI is InChI=1S/C11H14F3N3OS.HI/c1-19-7-6-16-10(15)17-8-2-4-9(5-3-8)18-11(12,13)14;/h2-5H,6-7H2,1H3,(H3,15,16,17);1H. The van der Waals surface area contributed by atoms with Crippen LogP contribution < -0.4 is 15.8 Å². The molecule has 0 saturated heterocycles. The van der Waals surface area contributed by atoms with Crippen molar-refractivity contribution >= 4 is 47.4 Å². The van der Waals surface area contributed by atoms with Crippen LogP contribution in [0.2, 0.25) is 0 Å². The van der Waals surface area contributed by atoms with Gasteiger partial charge in [0.15, 0.2) is 5.96 Å². The van der Waals surface area contributed by atoms with Crippen LogP contribution in [-0.2, 0) is 0 Å². The fourth-order valence-corrected chi connectivity index (χ4v) is 1.46. The highest BCUT2D eigenvalue weighted by Gasteiger charge is 2.30. The fraction of sp³-hybridized carbons (Fsp3) is 0.364. The van der Waals surface area contributed by atoms with Crippen LogP contribution in [0.5, 0.6) is 5.75 Å². The maximum Gasteiger partial charge on any atom is 0.573 e. The Morgan fingerprint density at radius 2 is 1.95 bits per heavy atom. The molecule has 0 amide bonds. The maximum atomic E-state index is 11.9. The number of alkyl halides is 3. The first-order valence-electron chi connectivity index (χ1n) is 5.32. The molecule has 0 aliphatic rings. The van der Waals surface area contributed by atoms with Crippen LogP contribution in [0.3, 0.4) is 0 Å². The molecule has 0 heterocycles. The summed E-state index contributed by atoms with van der Waals surface area (Å²) in [6, 6.07) is 5.26. The van der Waals surface area contributed by atoms with Crippen LogP contribution in [-0.4, -0.2) is 30.9 Å². The first-order valence-corrected chi connectivity index (χ1v) is 6.72. The maximum absolute atomic E-state index is 11.9. The van der Waals surface area contributed by atoms with Crippen molar-refractivity contribution in [2.45, 2.75) is 6.36 Å². The van der Waals surface area contributed by atoms with Crippen LogP contribution >= 0.6 is 35.7 Å². The predicted octanol–water partition coefficient (Wildman–Crippen LogP) is 3.29. The Balaban J connectivity index is 0.00000361. The average molecular weight is 421 g/mol. The van der Waals surface area contributed by atoms with E-state index in [-0.39, 0.29) is 35.7 Å². The molecule has 0 aliphatic carbocycles. The predicted molar refractivity (Wildman–Crippen MR) is 87.0 cm³/mol. The molecule has 4 nitrogen and oxygen atoms in total. The van der Waals surface area contributed by atoms with E-state index in [0.717, 1.165) is 5.75 Å². The molecule has 1 aromatic carbocycles. The normalized spacial score (nSPS) is 11.7. The zero-order valence-electron chi connectivity index (χ0n) is 10.6. The molecule has 20 heavy (non-hydrogen) atoms. The quantitative estimate of drug-likeness (QED) is 0.332. The molecular weight excluding hydrogens is 406 g/mol. The van der Waals surface area contributed by atoms with Crippen LogP contribution in [0.25, 0.3) is 0 Å². The minimum Gasteiger partial charge on any atom is -0.406 e. The molecule has 0 radical (unpaired) electrons. The van der Waals surface area contributed by atoms with E-state index in [9.17, 15) is 13.2 Å². The van der Waals surface area contributed by atoms with Gasteiger partial charge in [-0.1, -0.05) is 0 Å². The summed E-state index contributed by atoms with van der Waals surface area (Å²) in [5.41, 5.74) is 6.15. The van der Waals surface area contributed by atoms with E-state index in [1.807, 2.05) is 6.26 Å². The Labute approximate surface area is 136 Å². The summed E-state index contributed by atoms with van der Waals surface area (Å²) in [4.78, 5) is 4.04. The molecular formula is C11H15F3IN3OS. The minimum absolute atomic E-state index is 0. The number of rotatable bonds is 5. The SMILES string of the molecule is CSCCN=C(N)Nc1ccc(OC(F)(F)F)cc1.I. The Bertz CT molecular complexity index is 426. The molecule has 0 bridgehead atoms. The summed E-state index contributed by atoms with van der Waals surface area (Å²) in [6.07, 6.45) is -2.73. The molecule has 3 N–H and O–H groups in total. The molecule has 0 fully saturated rings. The van der Waals surface area contributed by atoms with Gasteiger partial charge in [0, 0.05) is 11.4 Å². The number of aliphatic imine (C=N–C) groups is 1. The van der Waals surface area contributed by atoms with Gasteiger partial charge < -0.3 is 15.8 Å². The van der Waals surface area contributed by atoms with Gasteiger partial charge >= 0.3 is 6.36 Å². The fourth-order valence-electron chi connectivity index (χ4n) is 1.18. The van der Waals surface area contributed by atoms with Crippen LogP contribution in [0.15, 0.2) is 29.3 Å². The number of nitrogens with one attached hydrogen (secondary N) is 1. The van der Waals surface area contributed by atoms with Crippen molar-refractivity contribution < 1.29 is 17.9 Å². The number of ether oxygens (including phenoxy) is 1. The van der Waals surface area contributed by atoms with Gasteiger partial charge in [0.25, 0.3) is 0 Å². The molecule has 0 spiro atoms. The second-order valence-electron chi connectivity index (χ2n) is 3.46. The average Bonchev–Trinajstić information content (AvgIpc) is 2.30. The second-order valence-corrected chi connectivity index (χ2v) is 4.44. The summed E-state index contributed by atoms with van der Waals surface area (Å²) in [7, 11) is 0. The Morgan fingerprint density at radius 3 is 2.45 bits per heavy atom. The summed E-state index contributed by atoms with van der Waals surface area (Å²) >= 11 is 1.64. The van der Waals surface area contributed by atoms with Crippen LogP contribution in [0.1, 0.15) is 0 Å². The first kappa shape index (κ1) is 19.2. The van der Waals surface area contributed by atoms with Crippen molar-refractivity contribution in [2.24, 2.45) is 10.7 Å². The van der Waals surface area contributed by atoms with Crippen LogP contribution in [0.4, 0.5) is 18.9 Å². The van der Waals surface area contributed by atoms with E-state index in [2.05, 4.69) is 15.0 Å². The summed E-state index contributed by atoms with van der Waals surface area (Å²) in [6.45, 7) is 0.579. The number of benzene rings is 1. The number of thioether (sulfide) groups is 1. The monoisotopic (exact) mass is 421 g/mol. The Hall–Kier alpha value is -0.840. The molecule has 0 saturated carbocycles. The van der Waals surface area contributed by atoms with E-state index >= 15 is 0 Å². The zero-order chi connectivity index (χ0) is 14.3. The summed E-state index contributed by atoms with van der Waals surface area (Å²) < 4.78 is 39.6. The van der Waals surface area contributed by atoms with Crippen LogP contribution in [0, 0.1) is 0 Å². The minimum atomic E-state index is -4.69. The highest BCUT2D eigenvalue weighted by molar-refractivity contribution is 14.0. The number of guanidine groups is 1. The highest BCUT2D eigenvalue weighted by atomic mass is 127. The molecule has 0 unspecified atom stereocenters. The van der Waals surface area contributed by atoms with Gasteiger partial charge in [0.2, 0.25) is 0 Å². The number of nitrogens with two attached hydrogens (primary N) is 1. The third-order valence-electron chi connectivity index (χ3n) is 1.94. The van der Waals surface area contributed by atoms with Crippen molar-refractivity contribution in [3.05, 3.63) is 24.3 Å². The molecule has 114 valence electrons. The lowest BCUT2D eigenvalue weighted by Gasteiger charge is -2.10. The number of nitrogens with zero attached hydrogens (tertiary/aromatic N) is 1. The third kappa shape index (κ3) is 8.35. The van der Waals surface area contributed by atoms with Gasteiger partial charge in [-0.3, -0.25) is 4.99 Å². The van der Waals surface area contributed by atoms with E-state index < -0.39 is 6.36 Å². The van der Waals surface area contributed by atoms with E-state index in [0.29, 0.717) is 12.2 Å². The lowest BCUT2D eigenvalue weighted by Crippen LogP contribution is -2.23. The first-order chi connectivity index (χ1) is 8.90. The van der Waals surface area contributed by atoms with Gasteiger partial charge in [0.05, 0.1) is 6.54 Å². The van der Waals surface area contributed by atoms with E-state index in [4.69, 9.17) is 5.73 Å². The molecule has 1 rings (SSSR count). The topological polar surface area (TPSA) is 59.6 Å². The zero-order valence-corrected chi connectivity index (χ0v) is 13.8. The Morgan fingerprint density at radius 1 is 1.35 bits per heavy atom. The molecule has 9 heteroatoms. The number of hydrogen-bond acceptors (Lipinski definition) is 3. The van der Waals surface area contributed by atoms with Crippen molar-refractivity contribution in [2.75, 3.05) is 23.9 Å². The van der Waals surface area contributed by atoms with Crippen molar-refractivity contribution in [1.29, 1.82) is 0 Å². The summed E-state index contributed by atoms with van der Waals surface area (Å²) in [5, 5.41) is 2.77. The van der Waals surface area contributed by atoms with Crippen molar-refractivity contribution in [1.82, 2.24) is 0 Å². The van der Waals surface area contributed by atoms with Gasteiger partial charge in [0.1, 0.15) is 5.75 Å². The number of halogens is 4. The smallest absolute Gasteiger partial charge is 0.406 e. The van der Waals surface area contributed by atoms with Gasteiger partial charge in [-0.25, -0.2) is 0 Å². The molecule has 0 aromatic heterocycles. The largest absolute Gasteiger partial charge is 0.573 e. The van der Waals surface area contributed by atoms with E-state index in [1.54, 1.807) is 11.8 Å². The second kappa shape index (κ2) is 9.16. The third-order valence-corrected chi connectivity index (χ3v) is 2.53. The van der Waals surface area contributed by atoms with Crippen molar-refractivity contribution in [3.63, 3.8) is 0 Å². The van der Waals surface area contributed by atoms with Gasteiger partial charge in [-0.05, 0) is 30.5 Å². The highest BCUT2D eigenvalue weighted by Crippen LogP contribution is 2.23. The Kier molecular flexibility index (Phi) is 8.78. The van der Waals surface area contributed by atoms with Gasteiger partial charge in [-0.2, -0.15) is 11.8 Å². The lowest BCUT2D eigenvalue weighted by atomic mass is 10.3. The van der Waals surface area contributed by atoms with E-state index in [1.165, 1.54) is 24.3 Å². The lowest BCUT2D eigenvalue weighted by molar-refractivity contribution is -0.274. The summed E-state index contributed by atoms with van der Waals surface area (Å²) in [5.74, 6) is 0.787. The molecule has 1 aromatic rings. The molecule has 0 atom stereocenters. The van der Waals surface area contributed by atoms with Gasteiger partial charge in [-0.15, -0.1) is 37.1 Å². The molecule has 0 aliphatic heterocycles.